The molecule has 3 atom stereocenters. The van der Waals surface area contributed by atoms with Gasteiger partial charge in [0.05, 0.1) is 76.6 Å². The average molecular weight is 931 g/mol. The van der Waals surface area contributed by atoms with Crippen molar-refractivity contribution < 1.29 is 23.9 Å². The molecule has 2 aliphatic heterocycles. The van der Waals surface area contributed by atoms with Crippen LogP contribution >= 0.6 is 11.3 Å². The van der Waals surface area contributed by atoms with E-state index >= 15 is 0 Å². The summed E-state index contributed by atoms with van der Waals surface area (Å²) in [5.41, 5.74) is 8.10. The molecule has 2 aliphatic rings. The number of nitrogens with one attached hydrogen (secondary N) is 2. The van der Waals surface area contributed by atoms with Crippen molar-refractivity contribution in [3.05, 3.63) is 90.0 Å². The molecule has 5 aromatic heterocycles. The number of thiazole rings is 1. The zero-order valence-corrected chi connectivity index (χ0v) is 39.8. The molecule has 7 heterocycles. The third-order valence-corrected chi connectivity index (χ3v) is 13.2. The second kappa shape index (κ2) is 20.5. The topological polar surface area (TPSA) is 201 Å². The molecule has 3 unspecified atom stereocenters. The Balaban J connectivity index is 0.808. The maximum Gasteiger partial charge on any atom is 0.414 e. The van der Waals surface area contributed by atoms with Gasteiger partial charge in [-0.05, 0) is 63.6 Å². The van der Waals surface area contributed by atoms with Crippen LogP contribution in [0.5, 0.6) is 0 Å². The lowest BCUT2D eigenvalue weighted by molar-refractivity contribution is -0.142. The van der Waals surface area contributed by atoms with Gasteiger partial charge in [0.1, 0.15) is 12.1 Å². The molecule has 2 N–H and O–H groups in total. The smallest absolute Gasteiger partial charge is 0.414 e. The van der Waals surface area contributed by atoms with Gasteiger partial charge in [0, 0.05) is 64.3 Å². The minimum Gasteiger partial charge on any atom is -0.446 e. The molecule has 4 amide bonds. The van der Waals surface area contributed by atoms with E-state index in [0.29, 0.717) is 61.0 Å². The molecular weight excluding hydrogens is 873 g/mol. The number of likely N-dealkylation sites (tertiary alicyclic amines) is 1. The summed E-state index contributed by atoms with van der Waals surface area (Å²) in [7, 11) is 1.62. The summed E-state index contributed by atoms with van der Waals surface area (Å²) in [6.07, 6.45) is 10.8. The van der Waals surface area contributed by atoms with Crippen molar-refractivity contribution in [3.8, 4) is 21.7 Å². The Hall–Kier alpha value is -6.64. The third kappa shape index (κ3) is 11.0. The largest absolute Gasteiger partial charge is 0.446 e. The molecule has 6 aromatic rings. The summed E-state index contributed by atoms with van der Waals surface area (Å²) in [5.74, 6) is -0.145. The standard InChI is InChI=1S/C47H58N14O5S/c1-29(2)43(46(64)60-14-8-9-39(60)45(63)51-31(5)33-10-12-34(13-11-33)44-32(6)50-28-67-44)61-24-36(54-55-61)23-57-15-17-58(18-16-57)27-42(62)53-40-26-59-25-38(49-22-41(59)52-40)35-19-37(21-48-20-35)56(7)47(65)66-30(3)4/h10-13,19-22,24-26,28-31,39,43H,8-9,14-18,23,27H2,1-7H3,(H,51,63)(H,53,62). The number of carbonyl (C=O) groups excluding carboxylic acids is 4. The molecule has 0 spiro atoms. The molecule has 0 bridgehead atoms. The molecule has 67 heavy (non-hydrogen) atoms. The van der Waals surface area contributed by atoms with Crippen LogP contribution < -0.4 is 15.5 Å². The van der Waals surface area contributed by atoms with Gasteiger partial charge in [-0.3, -0.25) is 39.1 Å². The summed E-state index contributed by atoms with van der Waals surface area (Å²) in [6, 6.07) is 8.59. The number of rotatable bonds is 15. The van der Waals surface area contributed by atoms with Gasteiger partial charge in [0.25, 0.3) is 0 Å². The molecule has 20 heteroatoms. The van der Waals surface area contributed by atoms with Crippen LogP contribution in [0, 0.1) is 12.8 Å². The number of carbonyl (C=O) groups is 4. The van der Waals surface area contributed by atoms with Crippen molar-refractivity contribution >= 4 is 52.3 Å². The Kier molecular flexibility index (Phi) is 14.3. The number of pyridine rings is 1. The summed E-state index contributed by atoms with van der Waals surface area (Å²) in [6.45, 7) is 15.6. The fraction of sp³-hybridized carbons (Fsp3) is 0.447. The van der Waals surface area contributed by atoms with Crippen molar-refractivity contribution in [2.45, 2.75) is 85.2 Å². The monoisotopic (exact) mass is 930 g/mol. The molecule has 2 saturated heterocycles. The fourth-order valence-corrected chi connectivity index (χ4v) is 9.37. The lowest BCUT2D eigenvalue weighted by Crippen LogP contribution is -2.49. The van der Waals surface area contributed by atoms with Crippen LogP contribution in [0.3, 0.4) is 0 Å². The Morgan fingerprint density at radius 2 is 1.67 bits per heavy atom. The van der Waals surface area contributed by atoms with Crippen LogP contribution in [0.4, 0.5) is 16.3 Å². The Morgan fingerprint density at radius 3 is 2.39 bits per heavy atom. The third-order valence-electron chi connectivity index (χ3n) is 12.2. The Morgan fingerprint density at radius 1 is 0.910 bits per heavy atom. The van der Waals surface area contributed by atoms with Crippen molar-refractivity contribution in [1.29, 1.82) is 0 Å². The molecule has 0 aliphatic carbocycles. The van der Waals surface area contributed by atoms with Gasteiger partial charge in [-0.2, -0.15) is 0 Å². The molecule has 19 nitrogen and oxygen atoms in total. The number of anilines is 2. The molecular formula is C47H58N14O5S. The van der Waals surface area contributed by atoms with Crippen molar-refractivity contribution in [2.24, 2.45) is 5.92 Å². The van der Waals surface area contributed by atoms with Crippen LogP contribution in [0.1, 0.15) is 76.5 Å². The highest BCUT2D eigenvalue weighted by molar-refractivity contribution is 7.13. The van der Waals surface area contributed by atoms with Gasteiger partial charge in [0.2, 0.25) is 17.7 Å². The van der Waals surface area contributed by atoms with Gasteiger partial charge in [-0.1, -0.05) is 43.3 Å². The number of nitrogens with zero attached hydrogens (tertiary/aromatic N) is 12. The molecule has 0 radical (unpaired) electrons. The SMILES string of the molecule is Cc1ncsc1-c1ccc(C(C)NC(=O)C2CCCN2C(=O)C(C(C)C)n2cc(CN3CCN(CC(=O)Nc4cn5cc(-c6cncc(N(C)C(=O)OC(C)C)c6)ncc5n4)CC3)nn2)cc1. The minimum absolute atomic E-state index is 0.0901. The Bertz CT molecular complexity index is 2710. The van der Waals surface area contributed by atoms with Gasteiger partial charge in [0.15, 0.2) is 11.5 Å². The van der Waals surface area contributed by atoms with Crippen LogP contribution in [-0.4, -0.2) is 136 Å². The number of aromatic nitrogens is 8. The number of aryl methyl sites for hydroxylation is 1. The average Bonchev–Trinajstić information content (AvgIpc) is 4.14. The number of amides is 4. The van der Waals surface area contributed by atoms with E-state index in [1.165, 1.54) is 4.90 Å². The van der Waals surface area contributed by atoms with E-state index in [0.717, 1.165) is 46.9 Å². The van der Waals surface area contributed by atoms with E-state index in [9.17, 15) is 19.2 Å². The van der Waals surface area contributed by atoms with Gasteiger partial charge in [-0.25, -0.2) is 19.4 Å². The van der Waals surface area contributed by atoms with E-state index in [-0.39, 0.29) is 42.3 Å². The second-order valence-corrected chi connectivity index (χ2v) is 18.7. The first-order chi connectivity index (χ1) is 32.2. The second-order valence-electron chi connectivity index (χ2n) is 17.9. The number of hydrogen-bond acceptors (Lipinski definition) is 14. The zero-order valence-electron chi connectivity index (χ0n) is 39.0. The zero-order chi connectivity index (χ0) is 47.4. The van der Waals surface area contributed by atoms with E-state index in [1.54, 1.807) is 83.3 Å². The van der Waals surface area contributed by atoms with E-state index in [2.05, 4.69) is 62.8 Å². The van der Waals surface area contributed by atoms with Crippen LogP contribution in [-0.2, 0) is 25.7 Å². The number of imidazole rings is 1. The lowest BCUT2D eigenvalue weighted by atomic mass is 10.0. The maximum atomic E-state index is 14.2. The van der Waals surface area contributed by atoms with Crippen LogP contribution in [0.25, 0.3) is 27.3 Å². The molecule has 1 aromatic carbocycles. The number of piperazine rings is 1. The summed E-state index contributed by atoms with van der Waals surface area (Å²) >= 11 is 1.61. The fourth-order valence-electron chi connectivity index (χ4n) is 8.56. The highest BCUT2D eigenvalue weighted by atomic mass is 32.1. The van der Waals surface area contributed by atoms with Gasteiger partial charge in [-0.15, -0.1) is 16.4 Å². The Labute approximate surface area is 393 Å². The highest BCUT2D eigenvalue weighted by Gasteiger charge is 2.40. The molecule has 0 saturated carbocycles. The van der Waals surface area contributed by atoms with Crippen LogP contribution in [0.15, 0.2) is 73.0 Å². The molecule has 8 rings (SSSR count). The highest BCUT2D eigenvalue weighted by Crippen LogP contribution is 2.30. The lowest BCUT2D eigenvalue weighted by Gasteiger charge is -2.33. The number of hydrogen-bond donors (Lipinski definition) is 2. The maximum absolute atomic E-state index is 14.2. The van der Waals surface area contributed by atoms with E-state index in [1.807, 2.05) is 51.5 Å². The van der Waals surface area contributed by atoms with E-state index < -0.39 is 18.2 Å². The van der Waals surface area contributed by atoms with Crippen LogP contribution in [0.2, 0.25) is 0 Å². The van der Waals surface area contributed by atoms with Crippen molar-refractivity contribution in [2.75, 3.05) is 56.5 Å². The minimum atomic E-state index is -0.610. The number of ether oxygens (including phenoxy) is 1. The van der Waals surface area contributed by atoms with Gasteiger partial charge < -0.3 is 24.7 Å². The first kappa shape index (κ1) is 46.9. The summed E-state index contributed by atoms with van der Waals surface area (Å²) in [5, 5.41) is 15.0. The van der Waals surface area contributed by atoms with Gasteiger partial charge >= 0.3 is 6.09 Å². The first-order valence-corrected chi connectivity index (χ1v) is 23.6. The van der Waals surface area contributed by atoms with Crippen molar-refractivity contribution in [1.82, 2.24) is 59.3 Å². The first-order valence-electron chi connectivity index (χ1n) is 22.7. The number of fused-ring (bicyclic) bond motifs is 1. The van der Waals surface area contributed by atoms with Crippen molar-refractivity contribution in [3.63, 3.8) is 0 Å². The number of benzene rings is 1. The molecule has 352 valence electrons. The van der Waals surface area contributed by atoms with E-state index in [4.69, 9.17) is 4.74 Å². The summed E-state index contributed by atoms with van der Waals surface area (Å²) in [4.78, 5) is 79.9. The quantitative estimate of drug-likeness (QED) is 0.129. The normalized spacial score (nSPS) is 16.7. The summed E-state index contributed by atoms with van der Waals surface area (Å²) < 4.78 is 8.75. The molecule has 2 fully saturated rings. The predicted octanol–water partition coefficient (Wildman–Crippen LogP) is 5.62. The predicted molar refractivity (Wildman–Crippen MR) is 254 cm³/mol.